The number of nitro groups is 1. The molecule has 0 aliphatic carbocycles. The summed E-state index contributed by atoms with van der Waals surface area (Å²) in [5.74, 6) is -0.614. The van der Waals surface area contributed by atoms with Gasteiger partial charge in [0.25, 0.3) is 11.6 Å². The summed E-state index contributed by atoms with van der Waals surface area (Å²) in [5.41, 5.74) is 0.0378. The van der Waals surface area contributed by atoms with Gasteiger partial charge in [0.05, 0.1) is 17.2 Å². The molecule has 24 heavy (non-hydrogen) atoms. The Kier molecular flexibility index (Phi) is 5.73. The van der Waals surface area contributed by atoms with E-state index in [2.05, 4.69) is 0 Å². The molecule has 0 saturated carbocycles. The highest BCUT2D eigenvalue weighted by Crippen LogP contribution is 2.37. The van der Waals surface area contributed by atoms with E-state index in [4.69, 9.17) is 9.47 Å². The average Bonchev–Trinajstić information content (AvgIpc) is 2.56. The molecule has 1 aromatic rings. The first-order chi connectivity index (χ1) is 11.5. The van der Waals surface area contributed by atoms with Crippen molar-refractivity contribution in [3.63, 3.8) is 0 Å². The number of rotatable bonds is 7. The maximum absolute atomic E-state index is 12.5. The number of nitro benzene ring substituents is 1. The number of amides is 1. The average molecular weight is 336 g/mol. The molecular weight excluding hydrogens is 316 g/mol. The summed E-state index contributed by atoms with van der Waals surface area (Å²) in [6.45, 7) is 3.75. The number of hydrogen-bond donors (Lipinski definition) is 0. The number of nitrogens with zero attached hydrogens (tertiary/aromatic N) is 2. The number of ether oxygens (including phenoxy) is 2. The smallest absolute Gasteiger partial charge is 0.326 e. The highest BCUT2D eigenvalue weighted by Gasteiger charge is 2.35. The van der Waals surface area contributed by atoms with Gasteiger partial charge in [-0.3, -0.25) is 24.6 Å². The maximum atomic E-state index is 12.5. The minimum Gasteiger partial charge on any atom is -0.478 e. The Morgan fingerprint density at radius 1 is 1.42 bits per heavy atom. The van der Waals surface area contributed by atoms with Crippen molar-refractivity contribution in [2.45, 2.75) is 39.2 Å². The predicted molar refractivity (Wildman–Crippen MR) is 86.0 cm³/mol. The lowest BCUT2D eigenvalue weighted by Gasteiger charge is -2.33. The number of fused-ring (bicyclic) bond motifs is 1. The second-order valence-corrected chi connectivity index (χ2v) is 5.42. The molecule has 130 valence electrons. The third-order valence-corrected chi connectivity index (χ3v) is 3.67. The zero-order chi connectivity index (χ0) is 17.7. The van der Waals surface area contributed by atoms with Crippen LogP contribution in [-0.2, 0) is 14.3 Å². The molecule has 0 saturated heterocycles. The Morgan fingerprint density at radius 3 is 2.79 bits per heavy atom. The minimum absolute atomic E-state index is 0.176. The third-order valence-electron chi connectivity index (χ3n) is 3.67. The molecule has 1 aromatic carbocycles. The lowest BCUT2D eigenvalue weighted by Crippen LogP contribution is -2.48. The largest absolute Gasteiger partial charge is 0.478 e. The molecule has 1 aliphatic rings. The first-order valence-electron chi connectivity index (χ1n) is 7.90. The zero-order valence-electron chi connectivity index (χ0n) is 13.7. The second kappa shape index (κ2) is 7.76. The fourth-order valence-corrected chi connectivity index (χ4v) is 2.35. The molecule has 2 rings (SSSR count). The molecule has 1 heterocycles. The van der Waals surface area contributed by atoms with Crippen LogP contribution in [0.2, 0.25) is 0 Å². The van der Waals surface area contributed by atoms with Crippen molar-refractivity contribution in [1.29, 1.82) is 0 Å². The van der Waals surface area contributed by atoms with Crippen molar-refractivity contribution >= 4 is 23.3 Å². The first kappa shape index (κ1) is 17.7. The van der Waals surface area contributed by atoms with E-state index < -0.39 is 22.9 Å². The fourth-order valence-electron chi connectivity index (χ4n) is 2.35. The summed E-state index contributed by atoms with van der Waals surface area (Å²) in [7, 11) is 0. The van der Waals surface area contributed by atoms with Gasteiger partial charge in [-0.15, -0.1) is 0 Å². The quantitative estimate of drug-likeness (QED) is 0.328. The normalized spacial score (nSPS) is 16.3. The van der Waals surface area contributed by atoms with Crippen molar-refractivity contribution in [2.75, 3.05) is 18.1 Å². The van der Waals surface area contributed by atoms with Crippen LogP contribution in [0.25, 0.3) is 0 Å². The molecule has 8 heteroatoms. The van der Waals surface area contributed by atoms with Crippen LogP contribution in [-0.4, -0.2) is 36.1 Å². The van der Waals surface area contributed by atoms with E-state index >= 15 is 0 Å². The number of unbranched alkanes of at least 4 members (excludes halogenated alkanes) is 1. The molecule has 1 aliphatic heterocycles. The number of non-ortho nitro benzene ring substituents is 1. The van der Waals surface area contributed by atoms with E-state index in [9.17, 15) is 19.7 Å². The van der Waals surface area contributed by atoms with Gasteiger partial charge in [0.1, 0.15) is 12.3 Å². The van der Waals surface area contributed by atoms with Crippen LogP contribution in [0.3, 0.4) is 0 Å². The van der Waals surface area contributed by atoms with Crippen molar-refractivity contribution in [2.24, 2.45) is 0 Å². The van der Waals surface area contributed by atoms with Gasteiger partial charge in [-0.2, -0.15) is 0 Å². The molecule has 0 spiro atoms. The van der Waals surface area contributed by atoms with E-state index in [1.54, 1.807) is 6.92 Å². The first-order valence-corrected chi connectivity index (χ1v) is 7.90. The molecule has 1 unspecified atom stereocenters. The van der Waals surface area contributed by atoms with Gasteiger partial charge in [-0.05, 0) is 18.9 Å². The molecule has 1 atom stereocenters. The standard InChI is InChI=1S/C16H20N2O6/c1-3-5-8-23-15(19)10-17-12-9-11(18(21)22)6-7-14(12)24-13(4-2)16(17)20/h6-7,9,13H,3-5,8,10H2,1-2H3. The molecule has 0 aromatic heterocycles. The molecule has 8 nitrogen and oxygen atoms in total. The monoisotopic (exact) mass is 336 g/mol. The molecule has 0 fully saturated rings. The fraction of sp³-hybridized carbons (Fsp3) is 0.500. The summed E-state index contributed by atoms with van der Waals surface area (Å²) >= 11 is 0. The van der Waals surface area contributed by atoms with Crippen LogP contribution >= 0.6 is 0 Å². The van der Waals surface area contributed by atoms with Gasteiger partial charge >= 0.3 is 5.97 Å². The third kappa shape index (κ3) is 3.81. The van der Waals surface area contributed by atoms with Gasteiger partial charge in [0, 0.05) is 12.1 Å². The Labute approximate surface area is 139 Å². The van der Waals surface area contributed by atoms with E-state index in [1.807, 2.05) is 6.92 Å². The second-order valence-electron chi connectivity index (χ2n) is 5.42. The summed E-state index contributed by atoms with van der Waals surface area (Å²) in [6, 6.07) is 3.98. The summed E-state index contributed by atoms with van der Waals surface area (Å²) in [5, 5.41) is 11.0. The van der Waals surface area contributed by atoms with E-state index in [0.29, 0.717) is 12.2 Å². The SMILES string of the molecule is CCCCOC(=O)CN1C(=O)C(CC)Oc2ccc([N+](=O)[O-])cc21. The number of benzene rings is 1. The van der Waals surface area contributed by atoms with Gasteiger partial charge in [-0.1, -0.05) is 20.3 Å². The molecular formula is C16H20N2O6. The van der Waals surface area contributed by atoms with E-state index in [0.717, 1.165) is 12.8 Å². The van der Waals surface area contributed by atoms with Gasteiger partial charge in [-0.25, -0.2) is 0 Å². The van der Waals surface area contributed by atoms with Crippen LogP contribution in [0.5, 0.6) is 5.75 Å². The number of carbonyl (C=O) groups is 2. The number of carbonyl (C=O) groups excluding carboxylic acids is 2. The Balaban J connectivity index is 2.27. The lowest BCUT2D eigenvalue weighted by atomic mass is 10.1. The predicted octanol–water partition coefficient (Wildman–Crippen LogP) is 2.44. The van der Waals surface area contributed by atoms with Crippen molar-refractivity contribution in [3.8, 4) is 5.75 Å². The Hall–Kier alpha value is -2.64. The van der Waals surface area contributed by atoms with Crippen molar-refractivity contribution in [1.82, 2.24) is 0 Å². The van der Waals surface area contributed by atoms with E-state index in [-0.39, 0.29) is 24.5 Å². The van der Waals surface area contributed by atoms with Crippen LogP contribution in [0, 0.1) is 10.1 Å². The highest BCUT2D eigenvalue weighted by atomic mass is 16.6. The van der Waals surface area contributed by atoms with Crippen LogP contribution in [0.15, 0.2) is 18.2 Å². The number of esters is 1. The maximum Gasteiger partial charge on any atom is 0.326 e. The van der Waals surface area contributed by atoms with Gasteiger partial charge in [0.2, 0.25) is 0 Å². The van der Waals surface area contributed by atoms with Crippen LogP contribution in [0.4, 0.5) is 11.4 Å². The van der Waals surface area contributed by atoms with Gasteiger partial charge in [0.15, 0.2) is 6.10 Å². The Morgan fingerprint density at radius 2 is 2.17 bits per heavy atom. The van der Waals surface area contributed by atoms with Crippen molar-refractivity contribution in [3.05, 3.63) is 28.3 Å². The molecule has 1 amide bonds. The lowest BCUT2D eigenvalue weighted by molar-refractivity contribution is -0.384. The topological polar surface area (TPSA) is 99.0 Å². The molecule has 0 bridgehead atoms. The van der Waals surface area contributed by atoms with Gasteiger partial charge < -0.3 is 9.47 Å². The molecule has 0 N–H and O–H groups in total. The summed E-state index contributed by atoms with van der Waals surface area (Å²) in [6.07, 6.45) is 1.33. The molecule has 0 radical (unpaired) electrons. The van der Waals surface area contributed by atoms with Crippen LogP contribution in [0.1, 0.15) is 33.1 Å². The zero-order valence-corrected chi connectivity index (χ0v) is 13.7. The summed E-state index contributed by atoms with van der Waals surface area (Å²) in [4.78, 5) is 36.1. The minimum atomic E-state index is -0.720. The van der Waals surface area contributed by atoms with E-state index in [1.165, 1.54) is 23.1 Å². The van der Waals surface area contributed by atoms with Crippen LogP contribution < -0.4 is 9.64 Å². The Bertz CT molecular complexity index is 645. The highest BCUT2D eigenvalue weighted by molar-refractivity contribution is 6.03. The van der Waals surface area contributed by atoms with Crippen molar-refractivity contribution < 1.29 is 24.0 Å². The summed E-state index contributed by atoms with van der Waals surface area (Å²) < 4.78 is 10.7. The number of hydrogen-bond acceptors (Lipinski definition) is 6. The number of anilines is 1.